The maximum atomic E-state index is 12.0. The maximum Gasteiger partial charge on any atom is 0.271 e. The van der Waals surface area contributed by atoms with Crippen molar-refractivity contribution in [3.8, 4) is 0 Å². The van der Waals surface area contributed by atoms with Crippen LogP contribution in [-0.2, 0) is 0 Å². The van der Waals surface area contributed by atoms with E-state index in [9.17, 15) is 4.79 Å². The summed E-state index contributed by atoms with van der Waals surface area (Å²) in [6.07, 6.45) is 1.43. The highest BCUT2D eigenvalue weighted by molar-refractivity contribution is 9.10. The molecule has 26 heavy (non-hydrogen) atoms. The van der Waals surface area contributed by atoms with Crippen LogP contribution >= 0.6 is 50.9 Å². The summed E-state index contributed by atoms with van der Waals surface area (Å²) in [5.74, 6) is 0.143. The number of rotatable bonds is 5. The van der Waals surface area contributed by atoms with Crippen molar-refractivity contribution in [2.24, 2.45) is 5.10 Å². The lowest BCUT2D eigenvalue weighted by Crippen LogP contribution is -2.17. The normalized spacial score (nSPS) is 11.0. The zero-order valence-corrected chi connectivity index (χ0v) is 17.0. The average Bonchev–Trinajstić information content (AvgIpc) is 2.96. The summed E-state index contributed by atoms with van der Waals surface area (Å²) in [6, 6.07) is 15.8. The number of furan rings is 1. The molecule has 3 rings (SSSR count). The van der Waals surface area contributed by atoms with Gasteiger partial charge in [0.2, 0.25) is 0 Å². The van der Waals surface area contributed by atoms with E-state index in [4.69, 9.17) is 27.6 Å². The van der Waals surface area contributed by atoms with Gasteiger partial charge in [-0.3, -0.25) is 4.79 Å². The van der Waals surface area contributed by atoms with Crippen LogP contribution in [-0.4, -0.2) is 12.1 Å². The minimum atomic E-state index is -0.356. The highest BCUT2D eigenvalue weighted by Gasteiger charge is 2.10. The first kappa shape index (κ1) is 19.0. The van der Waals surface area contributed by atoms with Crippen molar-refractivity contribution in [3.63, 3.8) is 0 Å². The molecule has 4 nitrogen and oxygen atoms in total. The minimum absolute atomic E-state index is 0.356. The Morgan fingerprint density at radius 1 is 1.12 bits per heavy atom. The summed E-state index contributed by atoms with van der Waals surface area (Å²) < 4.78 is 6.51. The first-order chi connectivity index (χ1) is 12.5. The standard InChI is InChI=1S/C18H11BrCl2N2O2S/c19-16-9-14(25-18(16)26-15-6-4-12(20)5-7-15)10-22-23-17(24)11-2-1-3-13(21)8-11/h1-10H,(H,23,24)/b22-10+. The molecule has 0 saturated carbocycles. The molecule has 0 unspecified atom stereocenters. The van der Waals surface area contributed by atoms with Gasteiger partial charge in [-0.05, 0) is 58.4 Å². The zero-order valence-electron chi connectivity index (χ0n) is 13.1. The van der Waals surface area contributed by atoms with Crippen molar-refractivity contribution < 1.29 is 9.21 Å². The molecule has 2 aromatic carbocycles. The van der Waals surface area contributed by atoms with Gasteiger partial charge >= 0.3 is 0 Å². The predicted molar refractivity (Wildman–Crippen MR) is 108 cm³/mol. The molecule has 0 bridgehead atoms. The fourth-order valence-corrected chi connectivity index (χ4v) is 3.61. The molecule has 132 valence electrons. The van der Waals surface area contributed by atoms with Gasteiger partial charge in [0, 0.05) is 26.6 Å². The molecular weight excluding hydrogens is 459 g/mol. The summed E-state index contributed by atoms with van der Waals surface area (Å²) in [5, 5.41) is 5.75. The molecule has 1 amide bonds. The van der Waals surface area contributed by atoms with Crippen molar-refractivity contribution in [1.29, 1.82) is 0 Å². The highest BCUT2D eigenvalue weighted by atomic mass is 79.9. The molecule has 8 heteroatoms. The number of nitrogens with zero attached hydrogens (tertiary/aromatic N) is 1. The third-order valence-electron chi connectivity index (χ3n) is 3.14. The number of nitrogens with one attached hydrogen (secondary N) is 1. The average molecular weight is 470 g/mol. The summed E-state index contributed by atoms with van der Waals surface area (Å²) in [6.45, 7) is 0. The van der Waals surface area contributed by atoms with E-state index in [1.54, 1.807) is 30.3 Å². The van der Waals surface area contributed by atoms with Gasteiger partial charge in [0.25, 0.3) is 5.91 Å². The summed E-state index contributed by atoms with van der Waals surface area (Å²) in [4.78, 5) is 13.0. The molecule has 0 atom stereocenters. The second-order valence-electron chi connectivity index (χ2n) is 5.05. The van der Waals surface area contributed by atoms with Crippen molar-refractivity contribution >= 4 is 63.0 Å². The van der Waals surface area contributed by atoms with Crippen LogP contribution in [0.1, 0.15) is 16.1 Å². The lowest BCUT2D eigenvalue weighted by molar-refractivity contribution is 0.0955. The molecule has 0 radical (unpaired) electrons. The van der Waals surface area contributed by atoms with Crippen LogP contribution in [0.25, 0.3) is 0 Å². The fourth-order valence-electron chi connectivity index (χ4n) is 1.96. The van der Waals surface area contributed by atoms with Gasteiger partial charge < -0.3 is 4.42 Å². The lowest BCUT2D eigenvalue weighted by Gasteiger charge is -1.99. The van der Waals surface area contributed by atoms with Crippen LogP contribution in [0, 0.1) is 0 Å². The molecular formula is C18H11BrCl2N2O2S. The Morgan fingerprint density at radius 3 is 2.62 bits per heavy atom. The first-order valence-corrected chi connectivity index (χ1v) is 9.69. The van der Waals surface area contributed by atoms with Crippen LogP contribution in [0.4, 0.5) is 0 Å². The Kier molecular flexibility index (Phi) is 6.43. The molecule has 1 N–H and O–H groups in total. The molecule has 0 saturated heterocycles. The van der Waals surface area contributed by atoms with Crippen LogP contribution in [0.5, 0.6) is 0 Å². The molecule has 0 fully saturated rings. The van der Waals surface area contributed by atoms with E-state index >= 15 is 0 Å². The number of carbonyl (C=O) groups is 1. The van der Waals surface area contributed by atoms with Gasteiger partial charge in [0.1, 0.15) is 5.76 Å². The topological polar surface area (TPSA) is 54.6 Å². The monoisotopic (exact) mass is 468 g/mol. The lowest BCUT2D eigenvalue weighted by atomic mass is 10.2. The van der Waals surface area contributed by atoms with Gasteiger partial charge in [-0.1, -0.05) is 41.0 Å². The third-order valence-corrected chi connectivity index (χ3v) is 5.48. The highest BCUT2D eigenvalue weighted by Crippen LogP contribution is 2.35. The van der Waals surface area contributed by atoms with E-state index in [-0.39, 0.29) is 5.91 Å². The summed E-state index contributed by atoms with van der Waals surface area (Å²) >= 11 is 16.6. The Labute approximate surface area is 172 Å². The number of halogens is 3. The van der Waals surface area contributed by atoms with E-state index in [0.29, 0.717) is 26.5 Å². The molecule has 0 aliphatic heterocycles. The number of hydrogen-bond acceptors (Lipinski definition) is 4. The van der Waals surface area contributed by atoms with E-state index in [2.05, 4.69) is 26.5 Å². The van der Waals surface area contributed by atoms with Crippen molar-refractivity contribution in [1.82, 2.24) is 5.43 Å². The van der Waals surface area contributed by atoms with Gasteiger partial charge in [-0.15, -0.1) is 0 Å². The van der Waals surface area contributed by atoms with Crippen LogP contribution in [0.3, 0.4) is 0 Å². The van der Waals surface area contributed by atoms with E-state index in [0.717, 1.165) is 9.37 Å². The minimum Gasteiger partial charge on any atom is -0.447 e. The largest absolute Gasteiger partial charge is 0.447 e. The van der Waals surface area contributed by atoms with E-state index in [1.165, 1.54) is 18.0 Å². The second-order valence-corrected chi connectivity index (χ2v) is 7.82. The van der Waals surface area contributed by atoms with Crippen LogP contribution in [0.2, 0.25) is 10.0 Å². The number of hydrogen-bond donors (Lipinski definition) is 1. The number of amides is 1. The molecule has 1 heterocycles. The van der Waals surface area contributed by atoms with Gasteiger partial charge in [0.05, 0.1) is 10.7 Å². The predicted octanol–water partition coefficient (Wildman–Crippen LogP) is 6.26. The molecule has 0 aliphatic carbocycles. The van der Waals surface area contributed by atoms with Gasteiger partial charge in [0.15, 0.2) is 5.09 Å². The Morgan fingerprint density at radius 2 is 1.88 bits per heavy atom. The van der Waals surface area contributed by atoms with Gasteiger partial charge in [-0.25, -0.2) is 5.43 Å². The number of benzene rings is 2. The Hall–Kier alpha value is -1.73. The number of carbonyl (C=O) groups excluding carboxylic acids is 1. The molecule has 0 spiro atoms. The third kappa shape index (κ3) is 5.14. The fraction of sp³-hybridized carbons (Fsp3) is 0. The van der Waals surface area contributed by atoms with E-state index in [1.807, 2.05) is 24.3 Å². The van der Waals surface area contributed by atoms with E-state index < -0.39 is 0 Å². The Bertz CT molecular complexity index is 958. The Balaban J connectivity index is 1.64. The van der Waals surface area contributed by atoms with Crippen molar-refractivity contribution in [2.75, 3.05) is 0 Å². The summed E-state index contributed by atoms with van der Waals surface area (Å²) in [5.41, 5.74) is 2.86. The number of hydrazone groups is 1. The van der Waals surface area contributed by atoms with Crippen molar-refractivity contribution in [2.45, 2.75) is 9.99 Å². The van der Waals surface area contributed by atoms with Crippen molar-refractivity contribution in [3.05, 3.63) is 80.4 Å². The van der Waals surface area contributed by atoms with Crippen LogP contribution in [0.15, 0.2) is 78.6 Å². The molecule has 1 aromatic heterocycles. The maximum absolute atomic E-state index is 12.0. The first-order valence-electron chi connectivity index (χ1n) is 7.33. The molecule has 3 aromatic rings. The second kappa shape index (κ2) is 8.77. The zero-order chi connectivity index (χ0) is 18.5. The molecule has 0 aliphatic rings. The van der Waals surface area contributed by atoms with Crippen LogP contribution < -0.4 is 5.43 Å². The smallest absolute Gasteiger partial charge is 0.271 e. The van der Waals surface area contributed by atoms with Gasteiger partial charge in [-0.2, -0.15) is 5.10 Å². The quantitative estimate of drug-likeness (QED) is 0.354. The summed E-state index contributed by atoms with van der Waals surface area (Å²) in [7, 11) is 0. The SMILES string of the molecule is O=C(N/N=C/c1cc(Br)c(Sc2ccc(Cl)cc2)o1)c1cccc(Cl)c1.